The molecule has 0 fully saturated rings. The van der Waals surface area contributed by atoms with Crippen molar-refractivity contribution in [2.24, 2.45) is 0 Å². The molecule has 0 aliphatic carbocycles. The molecule has 1 aromatic rings. The molecule has 0 aromatic carbocycles. The summed E-state index contributed by atoms with van der Waals surface area (Å²) in [6, 6.07) is 0.917. The van der Waals surface area contributed by atoms with Gasteiger partial charge >= 0.3 is 6.18 Å². The van der Waals surface area contributed by atoms with Crippen molar-refractivity contribution in [1.29, 1.82) is 0 Å². The number of unbranched alkanes of at least 4 members (excludes halogenated alkanes) is 1. The van der Waals surface area contributed by atoms with Gasteiger partial charge in [-0.3, -0.25) is 0 Å². The summed E-state index contributed by atoms with van der Waals surface area (Å²) >= 11 is 0. The van der Waals surface area contributed by atoms with Crippen LogP contribution in [0.2, 0.25) is 0 Å². The second-order valence-electron chi connectivity index (χ2n) is 4.87. The topological polar surface area (TPSA) is 52.5 Å². The van der Waals surface area contributed by atoms with E-state index in [1.807, 2.05) is 6.92 Å². The molecule has 21 heavy (non-hydrogen) atoms. The molecule has 0 saturated carbocycles. The fraction of sp³-hybridized carbons (Fsp3) is 0.692. The van der Waals surface area contributed by atoms with Gasteiger partial charge in [0.15, 0.2) is 5.69 Å². The molecular formula is C13H21F3N4O. The highest BCUT2D eigenvalue weighted by Crippen LogP contribution is 2.30. The zero-order valence-corrected chi connectivity index (χ0v) is 12.5. The van der Waals surface area contributed by atoms with Gasteiger partial charge in [0.25, 0.3) is 0 Å². The van der Waals surface area contributed by atoms with Crippen molar-refractivity contribution in [3.8, 4) is 0 Å². The van der Waals surface area contributed by atoms with E-state index < -0.39 is 11.9 Å². The summed E-state index contributed by atoms with van der Waals surface area (Å²) in [7, 11) is 3.24. The molecule has 0 aliphatic rings. The van der Waals surface area contributed by atoms with Crippen LogP contribution in [0.25, 0.3) is 0 Å². The van der Waals surface area contributed by atoms with E-state index >= 15 is 0 Å². The van der Waals surface area contributed by atoms with Crippen molar-refractivity contribution < 1.29 is 18.3 Å². The predicted molar refractivity (Wildman–Crippen MR) is 75.6 cm³/mol. The fourth-order valence-electron chi connectivity index (χ4n) is 1.72. The minimum Gasteiger partial charge on any atom is -0.395 e. The van der Waals surface area contributed by atoms with Crippen LogP contribution in [0.15, 0.2) is 6.07 Å². The fourth-order valence-corrected chi connectivity index (χ4v) is 1.72. The Kier molecular flexibility index (Phi) is 6.19. The van der Waals surface area contributed by atoms with Crippen LogP contribution in [0.3, 0.4) is 0 Å². The highest BCUT2D eigenvalue weighted by Gasteiger charge is 2.34. The Morgan fingerprint density at radius 2 is 1.86 bits per heavy atom. The van der Waals surface area contributed by atoms with Crippen molar-refractivity contribution in [2.75, 3.05) is 43.6 Å². The number of nitrogens with zero attached hydrogens (tertiary/aromatic N) is 4. The van der Waals surface area contributed by atoms with Crippen LogP contribution in [-0.4, -0.2) is 48.9 Å². The van der Waals surface area contributed by atoms with Crippen LogP contribution in [0.4, 0.5) is 24.9 Å². The molecule has 0 unspecified atom stereocenters. The molecule has 1 rings (SSSR count). The molecule has 0 aliphatic heterocycles. The Hall–Kier alpha value is -1.57. The molecule has 0 amide bonds. The Morgan fingerprint density at radius 1 is 1.19 bits per heavy atom. The number of rotatable bonds is 7. The van der Waals surface area contributed by atoms with Crippen LogP contribution < -0.4 is 9.80 Å². The number of hydrogen-bond donors (Lipinski definition) is 1. The highest BCUT2D eigenvalue weighted by molar-refractivity contribution is 5.45. The number of hydrogen-bond acceptors (Lipinski definition) is 5. The van der Waals surface area contributed by atoms with Gasteiger partial charge in [0.1, 0.15) is 5.82 Å². The molecule has 1 heterocycles. The summed E-state index contributed by atoms with van der Waals surface area (Å²) in [5.41, 5.74) is -0.976. The minimum absolute atomic E-state index is 0.00368. The van der Waals surface area contributed by atoms with Gasteiger partial charge < -0.3 is 14.9 Å². The maximum Gasteiger partial charge on any atom is 0.433 e. The average Bonchev–Trinajstić information content (AvgIpc) is 2.42. The first kappa shape index (κ1) is 17.5. The number of anilines is 2. The van der Waals surface area contributed by atoms with Gasteiger partial charge in [-0.1, -0.05) is 13.3 Å². The lowest BCUT2D eigenvalue weighted by molar-refractivity contribution is -0.141. The lowest BCUT2D eigenvalue weighted by atomic mass is 10.3. The second-order valence-corrected chi connectivity index (χ2v) is 4.87. The van der Waals surface area contributed by atoms with Gasteiger partial charge in [0.2, 0.25) is 5.95 Å². The van der Waals surface area contributed by atoms with Crippen LogP contribution in [-0.2, 0) is 6.18 Å². The third kappa shape index (κ3) is 5.04. The van der Waals surface area contributed by atoms with Gasteiger partial charge in [0, 0.05) is 33.3 Å². The van der Waals surface area contributed by atoms with Crippen LogP contribution in [0, 0.1) is 0 Å². The largest absolute Gasteiger partial charge is 0.433 e. The summed E-state index contributed by atoms with van der Waals surface area (Å²) in [5, 5.41) is 9.08. The van der Waals surface area contributed by atoms with Gasteiger partial charge in [-0.2, -0.15) is 18.2 Å². The van der Waals surface area contributed by atoms with Crippen LogP contribution in [0.1, 0.15) is 25.5 Å². The maximum atomic E-state index is 12.9. The minimum atomic E-state index is -4.53. The van der Waals surface area contributed by atoms with E-state index in [0.717, 1.165) is 18.9 Å². The number of aliphatic hydroxyl groups is 1. The van der Waals surface area contributed by atoms with Crippen molar-refractivity contribution in [3.63, 3.8) is 0 Å². The summed E-state index contributed by atoms with van der Waals surface area (Å²) < 4.78 is 38.8. The van der Waals surface area contributed by atoms with E-state index in [1.165, 1.54) is 4.90 Å². The lowest BCUT2D eigenvalue weighted by Crippen LogP contribution is -2.31. The molecule has 1 N–H and O–H groups in total. The van der Waals surface area contributed by atoms with Crippen molar-refractivity contribution >= 4 is 11.8 Å². The monoisotopic (exact) mass is 306 g/mol. The molecule has 120 valence electrons. The van der Waals surface area contributed by atoms with Gasteiger partial charge in [-0.15, -0.1) is 0 Å². The number of aromatic nitrogens is 2. The normalized spacial score (nSPS) is 11.6. The first-order valence-electron chi connectivity index (χ1n) is 6.79. The molecule has 1 aromatic heterocycles. The zero-order valence-electron chi connectivity index (χ0n) is 12.5. The molecule has 0 bridgehead atoms. The SMILES string of the molecule is CCCCN(CCO)c1nc(N(C)C)cc(C(F)(F)F)n1. The zero-order chi connectivity index (χ0) is 16.0. The Bertz CT molecular complexity index is 452. The standard InChI is InChI=1S/C13H21F3N4O/c1-4-5-6-20(7-8-21)12-17-10(13(14,15)16)9-11(18-12)19(2)3/h9,21H,4-8H2,1-3H3. The van der Waals surface area contributed by atoms with Crippen LogP contribution in [0.5, 0.6) is 0 Å². The summed E-state index contributed by atoms with van der Waals surface area (Å²) in [4.78, 5) is 10.8. The summed E-state index contributed by atoms with van der Waals surface area (Å²) in [6.45, 7) is 2.52. The van der Waals surface area contributed by atoms with Crippen molar-refractivity contribution in [2.45, 2.75) is 25.9 Å². The smallest absolute Gasteiger partial charge is 0.395 e. The first-order chi connectivity index (χ1) is 9.79. The second kappa shape index (κ2) is 7.44. The van der Waals surface area contributed by atoms with Gasteiger partial charge in [0.05, 0.1) is 6.61 Å². The number of aliphatic hydroxyl groups excluding tert-OH is 1. The third-order valence-electron chi connectivity index (χ3n) is 2.88. The molecule has 8 heteroatoms. The van der Waals surface area contributed by atoms with Crippen molar-refractivity contribution in [1.82, 2.24) is 9.97 Å². The average molecular weight is 306 g/mol. The molecule has 0 radical (unpaired) electrons. The lowest BCUT2D eigenvalue weighted by Gasteiger charge is -2.24. The number of halogens is 3. The molecule has 0 saturated heterocycles. The highest BCUT2D eigenvalue weighted by atomic mass is 19.4. The summed E-state index contributed by atoms with van der Waals surface area (Å²) in [6.07, 6.45) is -2.85. The van der Waals surface area contributed by atoms with Gasteiger partial charge in [-0.25, -0.2) is 4.98 Å². The molecule has 0 atom stereocenters. The molecule has 0 spiro atoms. The third-order valence-corrected chi connectivity index (χ3v) is 2.88. The van der Waals surface area contributed by atoms with Crippen molar-refractivity contribution in [3.05, 3.63) is 11.8 Å². The maximum absolute atomic E-state index is 12.9. The quantitative estimate of drug-likeness (QED) is 0.836. The van der Waals surface area contributed by atoms with E-state index in [4.69, 9.17) is 5.11 Å². The Balaban J connectivity index is 3.21. The van der Waals surface area contributed by atoms with Gasteiger partial charge in [-0.05, 0) is 6.42 Å². The molecular weight excluding hydrogens is 285 g/mol. The Morgan fingerprint density at radius 3 is 2.33 bits per heavy atom. The molecule has 5 nitrogen and oxygen atoms in total. The van der Waals surface area contributed by atoms with E-state index in [-0.39, 0.29) is 24.9 Å². The van der Waals surface area contributed by atoms with E-state index in [1.54, 1.807) is 19.0 Å². The Labute approximate surface area is 122 Å². The van der Waals surface area contributed by atoms with E-state index in [0.29, 0.717) is 6.54 Å². The number of alkyl halides is 3. The van der Waals surface area contributed by atoms with E-state index in [9.17, 15) is 13.2 Å². The summed E-state index contributed by atoms with van der Waals surface area (Å²) in [5.74, 6) is 0.183. The predicted octanol–water partition coefficient (Wildman–Crippen LogP) is 2.16. The van der Waals surface area contributed by atoms with Crippen LogP contribution >= 0.6 is 0 Å². The first-order valence-corrected chi connectivity index (χ1v) is 6.79. The van der Waals surface area contributed by atoms with E-state index in [2.05, 4.69) is 9.97 Å².